The molecule has 0 unspecified atom stereocenters. The zero-order valence-electron chi connectivity index (χ0n) is 15.7. The van der Waals surface area contributed by atoms with Crippen LogP contribution in [-0.4, -0.2) is 30.6 Å². The van der Waals surface area contributed by atoms with Crippen molar-refractivity contribution < 1.29 is 19.0 Å². The number of thiocarbonyl (C=S) groups is 1. The molecular formula is C21H21NO4S2. The summed E-state index contributed by atoms with van der Waals surface area (Å²) in [5, 5.41) is 2.60. The highest BCUT2D eigenvalue weighted by Crippen LogP contribution is 2.31. The normalized spacial score (nSPS) is 14.9. The van der Waals surface area contributed by atoms with Crippen LogP contribution in [0.2, 0.25) is 0 Å². The van der Waals surface area contributed by atoms with E-state index >= 15 is 0 Å². The molecule has 1 saturated heterocycles. The van der Waals surface area contributed by atoms with E-state index < -0.39 is 0 Å². The minimum Gasteiger partial charge on any atom is -0.493 e. The molecule has 28 heavy (non-hydrogen) atoms. The van der Waals surface area contributed by atoms with Gasteiger partial charge in [0.25, 0.3) is 5.91 Å². The van der Waals surface area contributed by atoms with Gasteiger partial charge in [-0.05, 0) is 42.3 Å². The van der Waals surface area contributed by atoms with E-state index in [2.05, 4.69) is 5.32 Å². The highest BCUT2D eigenvalue weighted by Gasteiger charge is 2.22. The van der Waals surface area contributed by atoms with Crippen LogP contribution in [0.4, 0.5) is 0 Å². The average molecular weight is 416 g/mol. The molecule has 7 heteroatoms. The van der Waals surface area contributed by atoms with E-state index in [-0.39, 0.29) is 5.91 Å². The number of carbonyl (C=O) groups excluding carboxylic acids is 1. The smallest absolute Gasteiger partial charge is 0.263 e. The third-order valence-corrected chi connectivity index (χ3v) is 5.19. The van der Waals surface area contributed by atoms with Crippen molar-refractivity contribution >= 4 is 40.3 Å². The van der Waals surface area contributed by atoms with E-state index in [0.717, 1.165) is 23.3 Å². The maximum Gasteiger partial charge on any atom is 0.263 e. The van der Waals surface area contributed by atoms with E-state index in [1.54, 1.807) is 13.2 Å². The second kappa shape index (κ2) is 9.61. The monoisotopic (exact) mass is 415 g/mol. The highest BCUT2D eigenvalue weighted by atomic mass is 32.2. The van der Waals surface area contributed by atoms with Gasteiger partial charge in [0.2, 0.25) is 0 Å². The van der Waals surface area contributed by atoms with Gasteiger partial charge in [0.1, 0.15) is 10.1 Å². The molecule has 2 aromatic rings. The van der Waals surface area contributed by atoms with Crippen molar-refractivity contribution in [2.24, 2.45) is 0 Å². The minimum atomic E-state index is -0.178. The quantitative estimate of drug-likeness (QED) is 0.393. The first-order valence-electron chi connectivity index (χ1n) is 8.81. The molecule has 0 bridgehead atoms. The number of ether oxygens (including phenoxy) is 3. The molecule has 5 nitrogen and oxygen atoms in total. The Hall–Kier alpha value is -2.51. The number of nitrogens with one attached hydrogen (secondary N) is 1. The van der Waals surface area contributed by atoms with E-state index in [1.165, 1.54) is 11.8 Å². The first-order chi connectivity index (χ1) is 13.6. The number of thioether (sulfide) groups is 1. The fourth-order valence-corrected chi connectivity index (χ4v) is 3.65. The molecule has 3 rings (SSSR count). The fourth-order valence-electron chi connectivity index (χ4n) is 2.61. The van der Waals surface area contributed by atoms with Gasteiger partial charge >= 0.3 is 0 Å². The Bertz CT molecular complexity index is 911. The van der Waals surface area contributed by atoms with Crippen molar-refractivity contribution in [3.63, 3.8) is 0 Å². The van der Waals surface area contributed by atoms with Crippen LogP contribution < -0.4 is 19.5 Å². The average Bonchev–Trinajstić information content (AvgIpc) is 3.00. The zero-order valence-corrected chi connectivity index (χ0v) is 17.3. The number of para-hydroxylation sites is 1. The van der Waals surface area contributed by atoms with E-state index in [9.17, 15) is 4.79 Å². The molecule has 1 fully saturated rings. The van der Waals surface area contributed by atoms with Crippen molar-refractivity contribution in [3.05, 3.63) is 58.5 Å². The standard InChI is InChI=1S/C21H21NO4S2/c1-14-6-3-4-7-16(14)25-10-5-11-26-17-9-8-15(12-18(17)24-2)13-19-20(23)22-21(27)28-19/h3-4,6-9,12-13H,5,10-11H2,1-2H3,(H,22,23,27)/b19-13+. The van der Waals surface area contributed by atoms with Gasteiger partial charge in [-0.25, -0.2) is 0 Å². The van der Waals surface area contributed by atoms with Gasteiger partial charge in [-0.1, -0.05) is 48.2 Å². The molecule has 0 radical (unpaired) electrons. The van der Waals surface area contributed by atoms with Gasteiger partial charge in [0, 0.05) is 6.42 Å². The van der Waals surface area contributed by atoms with Crippen LogP contribution >= 0.6 is 24.0 Å². The molecule has 1 aliphatic rings. The van der Waals surface area contributed by atoms with Crippen molar-refractivity contribution in [2.45, 2.75) is 13.3 Å². The van der Waals surface area contributed by atoms with Crippen LogP contribution in [0.5, 0.6) is 17.2 Å². The fraction of sp³-hybridized carbons (Fsp3) is 0.238. The molecule has 1 aliphatic heterocycles. The summed E-state index contributed by atoms with van der Waals surface area (Å²) in [6, 6.07) is 13.5. The Labute approximate surface area is 174 Å². The van der Waals surface area contributed by atoms with Crippen LogP contribution in [0.25, 0.3) is 6.08 Å². The highest BCUT2D eigenvalue weighted by molar-refractivity contribution is 8.26. The number of hydrogen-bond donors (Lipinski definition) is 1. The number of aryl methyl sites for hydroxylation is 1. The lowest BCUT2D eigenvalue weighted by atomic mass is 10.2. The molecular weight excluding hydrogens is 394 g/mol. The Morgan fingerprint density at radius 3 is 2.50 bits per heavy atom. The van der Waals surface area contributed by atoms with Crippen molar-refractivity contribution in [1.82, 2.24) is 5.32 Å². The lowest BCUT2D eigenvalue weighted by Crippen LogP contribution is -2.17. The molecule has 0 spiro atoms. The number of benzene rings is 2. The molecule has 0 atom stereocenters. The second-order valence-electron chi connectivity index (χ2n) is 6.08. The Balaban J connectivity index is 1.54. The zero-order chi connectivity index (χ0) is 19.9. The van der Waals surface area contributed by atoms with Gasteiger partial charge < -0.3 is 19.5 Å². The van der Waals surface area contributed by atoms with Gasteiger partial charge in [-0.2, -0.15) is 0 Å². The van der Waals surface area contributed by atoms with Crippen LogP contribution in [0, 0.1) is 6.92 Å². The third-order valence-electron chi connectivity index (χ3n) is 4.02. The third kappa shape index (κ3) is 5.27. The van der Waals surface area contributed by atoms with Crippen LogP contribution in [0.15, 0.2) is 47.4 Å². The van der Waals surface area contributed by atoms with E-state index in [0.29, 0.717) is 33.9 Å². The molecule has 0 aromatic heterocycles. The summed E-state index contributed by atoms with van der Waals surface area (Å²) in [5.41, 5.74) is 1.96. The molecule has 1 amide bonds. The largest absolute Gasteiger partial charge is 0.493 e. The molecule has 1 heterocycles. The van der Waals surface area contributed by atoms with Crippen molar-refractivity contribution in [2.75, 3.05) is 20.3 Å². The molecule has 0 aliphatic carbocycles. The first kappa shape index (κ1) is 20.2. The topological polar surface area (TPSA) is 56.8 Å². The predicted molar refractivity (Wildman–Crippen MR) is 116 cm³/mol. The molecule has 146 valence electrons. The van der Waals surface area contributed by atoms with Gasteiger partial charge in [0.15, 0.2) is 11.5 Å². The number of amides is 1. The Kier molecular flexibility index (Phi) is 6.95. The van der Waals surface area contributed by atoms with Crippen molar-refractivity contribution in [1.29, 1.82) is 0 Å². The summed E-state index contributed by atoms with van der Waals surface area (Å²) in [7, 11) is 1.59. The summed E-state index contributed by atoms with van der Waals surface area (Å²) in [6.45, 7) is 3.10. The van der Waals surface area contributed by atoms with Gasteiger partial charge in [-0.3, -0.25) is 4.79 Å². The molecule has 2 aromatic carbocycles. The number of hydrogen-bond acceptors (Lipinski definition) is 6. The number of rotatable bonds is 8. The summed E-state index contributed by atoms with van der Waals surface area (Å²) < 4.78 is 17.5. The van der Waals surface area contributed by atoms with E-state index in [1.807, 2.05) is 49.4 Å². The maximum absolute atomic E-state index is 11.8. The molecule has 0 saturated carbocycles. The summed E-state index contributed by atoms with van der Waals surface area (Å²) in [4.78, 5) is 12.3. The first-order valence-corrected chi connectivity index (χ1v) is 10.0. The van der Waals surface area contributed by atoms with Crippen LogP contribution in [0.1, 0.15) is 17.5 Å². The Morgan fingerprint density at radius 1 is 1.07 bits per heavy atom. The second-order valence-corrected chi connectivity index (χ2v) is 7.80. The SMILES string of the molecule is COc1cc(/C=C2/SC(=S)NC2=O)ccc1OCCCOc1ccccc1C. The minimum absolute atomic E-state index is 0.178. The van der Waals surface area contributed by atoms with E-state index in [4.69, 9.17) is 26.4 Å². The summed E-state index contributed by atoms with van der Waals surface area (Å²) in [6.07, 6.45) is 2.53. The Morgan fingerprint density at radius 2 is 1.82 bits per heavy atom. The lowest BCUT2D eigenvalue weighted by molar-refractivity contribution is -0.115. The maximum atomic E-state index is 11.8. The summed E-state index contributed by atoms with van der Waals surface area (Å²) >= 11 is 6.25. The molecule has 1 N–H and O–H groups in total. The van der Waals surface area contributed by atoms with Crippen molar-refractivity contribution in [3.8, 4) is 17.2 Å². The number of carbonyl (C=O) groups is 1. The number of methoxy groups -OCH3 is 1. The lowest BCUT2D eigenvalue weighted by Gasteiger charge is -2.12. The predicted octanol–water partition coefficient (Wildman–Crippen LogP) is 4.34. The van der Waals surface area contributed by atoms with Gasteiger partial charge in [-0.15, -0.1) is 0 Å². The summed E-state index contributed by atoms with van der Waals surface area (Å²) in [5.74, 6) is 1.98. The van der Waals surface area contributed by atoms with Gasteiger partial charge in [0.05, 0.1) is 25.2 Å². The van der Waals surface area contributed by atoms with Crippen LogP contribution in [0.3, 0.4) is 0 Å². The van der Waals surface area contributed by atoms with Crippen LogP contribution in [-0.2, 0) is 4.79 Å².